The van der Waals surface area contributed by atoms with Crippen molar-refractivity contribution in [3.05, 3.63) is 89.5 Å². The van der Waals surface area contributed by atoms with Gasteiger partial charge in [0.2, 0.25) is 0 Å². The molecular formula is C23H29IN6O. The van der Waals surface area contributed by atoms with E-state index in [1.807, 2.05) is 41.4 Å². The van der Waals surface area contributed by atoms with Crippen molar-refractivity contribution in [2.45, 2.75) is 19.5 Å². The number of aromatic nitrogens is 2. The molecule has 0 saturated heterocycles. The molecule has 3 aromatic rings. The minimum absolute atomic E-state index is 0. The van der Waals surface area contributed by atoms with E-state index in [0.29, 0.717) is 12.1 Å². The third kappa shape index (κ3) is 7.71. The molecule has 1 heterocycles. The molecule has 3 N–H and O–H groups in total. The Labute approximate surface area is 200 Å². The lowest BCUT2D eigenvalue weighted by Crippen LogP contribution is -2.37. The highest BCUT2D eigenvalue weighted by Crippen LogP contribution is 2.07. The molecule has 31 heavy (non-hydrogen) atoms. The Kier molecular flexibility index (Phi) is 10.0. The quantitative estimate of drug-likeness (QED) is 0.237. The number of carbonyl (C=O) groups excluding carboxylic acids is 1. The average molecular weight is 532 g/mol. The number of guanidine groups is 1. The smallest absolute Gasteiger partial charge is 0.251 e. The fourth-order valence-electron chi connectivity index (χ4n) is 3.10. The van der Waals surface area contributed by atoms with Crippen LogP contribution in [-0.2, 0) is 19.5 Å². The predicted molar refractivity (Wildman–Crippen MR) is 135 cm³/mol. The number of aliphatic imine (C=N–C) groups is 1. The van der Waals surface area contributed by atoms with Crippen molar-refractivity contribution in [3.8, 4) is 0 Å². The monoisotopic (exact) mass is 532 g/mol. The molecule has 0 unspecified atom stereocenters. The number of hydrogen-bond donors (Lipinski definition) is 3. The molecule has 8 heteroatoms. The first-order chi connectivity index (χ1) is 14.7. The predicted octanol–water partition coefficient (Wildman–Crippen LogP) is 2.82. The topological polar surface area (TPSA) is 83.3 Å². The summed E-state index contributed by atoms with van der Waals surface area (Å²) in [5.41, 5.74) is 4.20. The highest BCUT2D eigenvalue weighted by molar-refractivity contribution is 14.0. The number of halogens is 1. The van der Waals surface area contributed by atoms with Crippen molar-refractivity contribution in [2.75, 3.05) is 20.6 Å². The van der Waals surface area contributed by atoms with Gasteiger partial charge in [-0.1, -0.05) is 36.4 Å². The summed E-state index contributed by atoms with van der Waals surface area (Å²) in [4.78, 5) is 20.1. The molecule has 0 atom stereocenters. The van der Waals surface area contributed by atoms with Crippen LogP contribution in [0.3, 0.4) is 0 Å². The molecule has 0 aliphatic rings. The summed E-state index contributed by atoms with van der Waals surface area (Å²) in [6.45, 7) is 2.23. The molecule has 1 aromatic heterocycles. The van der Waals surface area contributed by atoms with Crippen molar-refractivity contribution in [1.29, 1.82) is 0 Å². The van der Waals surface area contributed by atoms with E-state index < -0.39 is 0 Å². The first-order valence-electron chi connectivity index (χ1n) is 9.97. The number of imidazole rings is 1. The first kappa shape index (κ1) is 24.4. The first-order valence-corrected chi connectivity index (χ1v) is 9.97. The van der Waals surface area contributed by atoms with Gasteiger partial charge in [0.25, 0.3) is 5.91 Å². The molecule has 2 aromatic carbocycles. The van der Waals surface area contributed by atoms with Crippen LogP contribution in [0, 0.1) is 0 Å². The van der Waals surface area contributed by atoms with Crippen LogP contribution in [0.15, 0.2) is 72.2 Å². The van der Waals surface area contributed by atoms with Gasteiger partial charge >= 0.3 is 0 Å². The summed E-state index contributed by atoms with van der Waals surface area (Å²) in [5, 5.41) is 9.31. The van der Waals surface area contributed by atoms with Crippen LogP contribution in [0.4, 0.5) is 0 Å². The Morgan fingerprint density at radius 3 is 2.52 bits per heavy atom. The van der Waals surface area contributed by atoms with Crippen LogP contribution in [0.5, 0.6) is 0 Å². The molecule has 0 radical (unpaired) electrons. The van der Waals surface area contributed by atoms with E-state index in [1.54, 1.807) is 20.3 Å². The molecule has 3 rings (SSSR count). The zero-order chi connectivity index (χ0) is 21.2. The highest BCUT2D eigenvalue weighted by atomic mass is 127. The lowest BCUT2D eigenvalue weighted by molar-refractivity contribution is 0.0963. The van der Waals surface area contributed by atoms with Gasteiger partial charge in [-0.2, -0.15) is 0 Å². The molecule has 0 fully saturated rings. The number of carbonyl (C=O) groups is 1. The molecule has 0 spiro atoms. The molecule has 0 saturated carbocycles. The zero-order valence-corrected chi connectivity index (χ0v) is 20.2. The van der Waals surface area contributed by atoms with E-state index in [4.69, 9.17) is 0 Å². The molecule has 7 nitrogen and oxygen atoms in total. The summed E-state index contributed by atoms with van der Waals surface area (Å²) in [5.74, 6) is 0.679. The molecule has 0 aliphatic heterocycles. The van der Waals surface area contributed by atoms with Crippen molar-refractivity contribution in [3.63, 3.8) is 0 Å². The van der Waals surface area contributed by atoms with Gasteiger partial charge in [-0.3, -0.25) is 9.79 Å². The fraction of sp³-hybridized carbons (Fsp3) is 0.261. The zero-order valence-electron chi connectivity index (χ0n) is 17.8. The van der Waals surface area contributed by atoms with Gasteiger partial charge in [0.15, 0.2) is 5.96 Å². The highest BCUT2D eigenvalue weighted by Gasteiger charge is 2.04. The van der Waals surface area contributed by atoms with E-state index >= 15 is 0 Å². The molecule has 1 amide bonds. The third-order valence-corrected chi connectivity index (χ3v) is 4.75. The Bertz CT molecular complexity index is 970. The van der Waals surface area contributed by atoms with Crippen LogP contribution in [0.25, 0.3) is 0 Å². The van der Waals surface area contributed by atoms with Gasteiger partial charge in [-0.15, -0.1) is 24.0 Å². The van der Waals surface area contributed by atoms with E-state index in [2.05, 4.69) is 50.2 Å². The van der Waals surface area contributed by atoms with Crippen LogP contribution in [0.1, 0.15) is 27.0 Å². The fourth-order valence-corrected chi connectivity index (χ4v) is 3.10. The minimum atomic E-state index is -0.0710. The number of hydrogen-bond acceptors (Lipinski definition) is 3. The maximum absolute atomic E-state index is 11.8. The number of nitrogens with zero attached hydrogens (tertiary/aromatic N) is 3. The third-order valence-electron chi connectivity index (χ3n) is 4.75. The number of benzene rings is 2. The molecular weight excluding hydrogens is 503 g/mol. The molecule has 0 aliphatic carbocycles. The maximum Gasteiger partial charge on any atom is 0.251 e. The second kappa shape index (κ2) is 12.7. The largest absolute Gasteiger partial charge is 0.356 e. The summed E-state index contributed by atoms with van der Waals surface area (Å²) in [7, 11) is 3.40. The Morgan fingerprint density at radius 2 is 1.84 bits per heavy atom. The summed E-state index contributed by atoms with van der Waals surface area (Å²) >= 11 is 0. The normalized spacial score (nSPS) is 10.8. The van der Waals surface area contributed by atoms with Gasteiger partial charge in [-0.05, 0) is 35.2 Å². The van der Waals surface area contributed by atoms with Crippen LogP contribution in [0.2, 0.25) is 0 Å². The molecule has 164 valence electrons. The van der Waals surface area contributed by atoms with Crippen LogP contribution >= 0.6 is 24.0 Å². The Hall–Kier alpha value is -2.88. The van der Waals surface area contributed by atoms with Gasteiger partial charge in [0.1, 0.15) is 0 Å². The summed E-state index contributed by atoms with van der Waals surface area (Å²) in [6.07, 6.45) is 6.36. The maximum atomic E-state index is 11.8. The standard InChI is InChI=1S/C23H28N6O.HI/c1-24-22(30)21-5-3-4-18(14-21)10-11-27-23(25-2)28-15-19-6-8-20(9-7-19)16-29-13-12-26-17-29;/h3-9,12-14,17H,10-11,15-16H2,1-2H3,(H,24,30)(H2,25,27,28);1H. The number of nitrogens with one attached hydrogen (secondary N) is 3. The van der Waals surface area contributed by atoms with E-state index in [-0.39, 0.29) is 29.9 Å². The molecule has 0 bridgehead atoms. The van der Waals surface area contributed by atoms with Crippen molar-refractivity contribution >= 4 is 35.8 Å². The van der Waals surface area contributed by atoms with Crippen LogP contribution < -0.4 is 16.0 Å². The van der Waals surface area contributed by atoms with Crippen molar-refractivity contribution in [1.82, 2.24) is 25.5 Å². The van der Waals surface area contributed by atoms with Crippen molar-refractivity contribution in [2.24, 2.45) is 4.99 Å². The second-order valence-electron chi connectivity index (χ2n) is 6.93. The Morgan fingerprint density at radius 1 is 1.06 bits per heavy atom. The van der Waals surface area contributed by atoms with E-state index in [1.165, 1.54) is 11.1 Å². The second-order valence-corrected chi connectivity index (χ2v) is 6.93. The van der Waals surface area contributed by atoms with Gasteiger partial charge in [0.05, 0.1) is 6.33 Å². The van der Waals surface area contributed by atoms with E-state index in [9.17, 15) is 4.79 Å². The van der Waals surface area contributed by atoms with E-state index in [0.717, 1.165) is 31.0 Å². The minimum Gasteiger partial charge on any atom is -0.356 e. The van der Waals surface area contributed by atoms with Gasteiger partial charge < -0.3 is 20.5 Å². The SMILES string of the molecule is CN=C(NCCc1cccc(C(=O)NC)c1)NCc1ccc(Cn2ccnc2)cc1.I. The summed E-state index contributed by atoms with van der Waals surface area (Å²) < 4.78 is 2.05. The van der Waals surface area contributed by atoms with Gasteiger partial charge in [0, 0.05) is 51.7 Å². The average Bonchev–Trinajstić information content (AvgIpc) is 3.30. The van der Waals surface area contributed by atoms with Gasteiger partial charge in [-0.25, -0.2) is 4.98 Å². The summed E-state index contributed by atoms with van der Waals surface area (Å²) in [6, 6.07) is 16.2. The lowest BCUT2D eigenvalue weighted by atomic mass is 10.1. The lowest BCUT2D eigenvalue weighted by Gasteiger charge is -2.13. The Balaban J connectivity index is 0.00000341. The van der Waals surface area contributed by atoms with Crippen LogP contribution in [-0.4, -0.2) is 42.1 Å². The number of rotatable bonds is 8. The number of amides is 1. The van der Waals surface area contributed by atoms with Crippen molar-refractivity contribution < 1.29 is 4.79 Å².